The molecule has 248 valence electrons. The first-order valence-electron chi connectivity index (χ1n) is 15.5. The number of hydrogen-bond donors (Lipinski definition) is 2. The van der Waals surface area contributed by atoms with Gasteiger partial charge in [-0.1, -0.05) is 87.0 Å². The highest BCUT2D eigenvalue weighted by Crippen LogP contribution is 2.26. The van der Waals surface area contributed by atoms with E-state index in [0.717, 1.165) is 5.56 Å². The molecule has 0 aromatic heterocycles. The van der Waals surface area contributed by atoms with Crippen LogP contribution in [0.25, 0.3) is 6.08 Å². The van der Waals surface area contributed by atoms with Crippen LogP contribution < -0.4 is 15.4 Å². The maximum absolute atomic E-state index is 13.5. The Bertz CT molecular complexity index is 1420. The second-order valence-electron chi connectivity index (χ2n) is 12.6. The van der Waals surface area contributed by atoms with Gasteiger partial charge >= 0.3 is 11.9 Å². The van der Waals surface area contributed by atoms with Crippen LogP contribution in [-0.2, 0) is 35.1 Å². The minimum atomic E-state index is -1.19. The second kappa shape index (κ2) is 17.0. The van der Waals surface area contributed by atoms with Gasteiger partial charge in [-0.3, -0.25) is 14.4 Å². The van der Waals surface area contributed by atoms with Crippen molar-refractivity contribution in [3.63, 3.8) is 0 Å². The van der Waals surface area contributed by atoms with Gasteiger partial charge in [0, 0.05) is 25.3 Å². The van der Waals surface area contributed by atoms with Crippen LogP contribution in [0.4, 0.5) is 0 Å². The highest BCUT2D eigenvalue weighted by molar-refractivity contribution is 6.32. The van der Waals surface area contributed by atoms with E-state index in [4.69, 9.17) is 25.8 Å². The Hall–Kier alpha value is -4.11. The van der Waals surface area contributed by atoms with E-state index in [1.54, 1.807) is 38.1 Å². The van der Waals surface area contributed by atoms with E-state index in [2.05, 4.69) is 10.6 Å². The zero-order valence-corrected chi connectivity index (χ0v) is 28.1. The summed E-state index contributed by atoms with van der Waals surface area (Å²) in [5, 5.41) is 5.90. The Morgan fingerprint density at radius 2 is 1.76 bits per heavy atom. The van der Waals surface area contributed by atoms with Crippen molar-refractivity contribution in [3.05, 3.63) is 82.9 Å². The average molecular weight is 653 g/mol. The standard InChI is InChI=1S/C36H45ClN2O7/c1-23(2)19-31-34(42)45-29(24(3)15-16-25-11-8-7-9-12-25)13-10-14-32(40)39-28(21-26-17-18-30(44-6)27(37)20-26)33(41)38-22-36(4,5)35(43)46-31/h7-12,14-18,20,23-24,28-29,31H,13,19,21-22H2,1-6H3,(H,38,41)(H,39,40)/t24-,28-,29?,31+/m1/s1. The number of cyclic esters (lactones) is 2. The Morgan fingerprint density at radius 1 is 1.04 bits per heavy atom. The molecule has 1 aliphatic rings. The molecule has 2 aromatic rings. The maximum atomic E-state index is 13.5. The number of hydrogen-bond acceptors (Lipinski definition) is 7. The van der Waals surface area contributed by atoms with Crippen LogP contribution in [0.5, 0.6) is 5.75 Å². The molecule has 4 atom stereocenters. The number of carbonyl (C=O) groups is 4. The number of ether oxygens (including phenoxy) is 3. The van der Waals surface area contributed by atoms with Gasteiger partial charge in [-0.15, -0.1) is 0 Å². The smallest absolute Gasteiger partial charge is 0.347 e. The summed E-state index contributed by atoms with van der Waals surface area (Å²) in [7, 11) is 1.51. The highest BCUT2D eigenvalue weighted by atomic mass is 35.5. The first-order chi connectivity index (χ1) is 21.8. The summed E-state index contributed by atoms with van der Waals surface area (Å²) >= 11 is 6.31. The SMILES string of the molecule is COc1ccc(C[C@H]2NC(=O)C=CCC([C@H](C)C=Cc3ccccc3)OC(=O)[C@H](CC(C)C)OC(=O)C(C)(C)CNC2=O)cc1Cl. The number of carbonyl (C=O) groups excluding carboxylic acids is 4. The molecule has 3 rings (SSSR count). The summed E-state index contributed by atoms with van der Waals surface area (Å²) in [6.07, 6.45) is 5.63. The van der Waals surface area contributed by atoms with E-state index in [1.807, 2.05) is 63.3 Å². The molecular formula is C36H45ClN2O7. The van der Waals surface area contributed by atoms with Crippen molar-refractivity contribution in [3.8, 4) is 5.75 Å². The van der Waals surface area contributed by atoms with Crippen LogP contribution in [0.15, 0.2) is 66.8 Å². The molecule has 0 spiro atoms. The van der Waals surface area contributed by atoms with Crippen LogP contribution in [0.2, 0.25) is 5.02 Å². The molecule has 9 nitrogen and oxygen atoms in total. The van der Waals surface area contributed by atoms with Crippen molar-refractivity contribution >= 4 is 41.4 Å². The van der Waals surface area contributed by atoms with Crippen LogP contribution >= 0.6 is 11.6 Å². The first-order valence-corrected chi connectivity index (χ1v) is 15.9. The molecule has 0 radical (unpaired) electrons. The largest absolute Gasteiger partial charge is 0.495 e. The monoisotopic (exact) mass is 652 g/mol. The zero-order valence-electron chi connectivity index (χ0n) is 27.4. The van der Waals surface area contributed by atoms with E-state index >= 15 is 0 Å². The Kier molecular flexibility index (Phi) is 13.4. The van der Waals surface area contributed by atoms with E-state index in [-0.39, 0.29) is 37.6 Å². The molecule has 46 heavy (non-hydrogen) atoms. The summed E-state index contributed by atoms with van der Waals surface area (Å²) < 4.78 is 17.0. The van der Waals surface area contributed by atoms with Gasteiger partial charge < -0.3 is 24.8 Å². The number of benzene rings is 2. The average Bonchev–Trinajstić information content (AvgIpc) is 3.01. The summed E-state index contributed by atoms with van der Waals surface area (Å²) in [6, 6.07) is 13.9. The predicted octanol–water partition coefficient (Wildman–Crippen LogP) is 5.70. The third-order valence-corrected chi connectivity index (χ3v) is 7.92. The third kappa shape index (κ3) is 11.1. The van der Waals surface area contributed by atoms with Crippen molar-refractivity contribution in [1.82, 2.24) is 10.6 Å². The number of halogens is 1. The molecule has 0 fully saturated rings. The van der Waals surface area contributed by atoms with Gasteiger partial charge in [0.2, 0.25) is 11.8 Å². The molecule has 0 aliphatic carbocycles. The van der Waals surface area contributed by atoms with Crippen LogP contribution in [0.1, 0.15) is 58.6 Å². The molecule has 0 saturated heterocycles. The Morgan fingerprint density at radius 3 is 2.41 bits per heavy atom. The summed E-state index contributed by atoms with van der Waals surface area (Å²) in [4.78, 5) is 53.3. The van der Waals surface area contributed by atoms with Crippen LogP contribution in [0, 0.1) is 17.3 Å². The lowest BCUT2D eigenvalue weighted by atomic mass is 9.93. The normalized spacial score (nSPS) is 22.1. The lowest BCUT2D eigenvalue weighted by Crippen LogP contribution is -2.51. The van der Waals surface area contributed by atoms with Crippen LogP contribution in [0.3, 0.4) is 0 Å². The molecule has 1 heterocycles. The molecule has 2 amide bonds. The fraction of sp³-hybridized carbons (Fsp3) is 0.444. The van der Waals surface area contributed by atoms with Gasteiger partial charge in [0.15, 0.2) is 6.10 Å². The Labute approximate surface area is 276 Å². The molecular weight excluding hydrogens is 608 g/mol. The quantitative estimate of drug-likeness (QED) is 0.351. The van der Waals surface area contributed by atoms with Crippen LogP contribution in [-0.4, -0.2) is 55.7 Å². The zero-order chi connectivity index (χ0) is 33.9. The third-order valence-electron chi connectivity index (χ3n) is 7.63. The summed E-state index contributed by atoms with van der Waals surface area (Å²) in [5.41, 5.74) is 0.497. The molecule has 1 aliphatic heterocycles. The fourth-order valence-electron chi connectivity index (χ4n) is 4.77. The van der Waals surface area contributed by atoms with Gasteiger partial charge in [0.05, 0.1) is 17.5 Å². The number of methoxy groups -OCH3 is 1. The summed E-state index contributed by atoms with van der Waals surface area (Å²) in [5.74, 6) is -2.03. The first kappa shape index (κ1) is 36.4. The highest BCUT2D eigenvalue weighted by Gasteiger charge is 2.37. The van der Waals surface area contributed by atoms with Crippen molar-refractivity contribution in [2.75, 3.05) is 13.7 Å². The number of nitrogens with one attached hydrogen (secondary N) is 2. The fourth-order valence-corrected chi connectivity index (χ4v) is 5.05. The van der Waals surface area contributed by atoms with E-state index in [9.17, 15) is 19.2 Å². The second-order valence-corrected chi connectivity index (χ2v) is 13.0. The lowest BCUT2D eigenvalue weighted by molar-refractivity contribution is -0.178. The van der Waals surface area contributed by atoms with Gasteiger partial charge in [0.25, 0.3) is 0 Å². The predicted molar refractivity (Wildman–Crippen MR) is 178 cm³/mol. The van der Waals surface area contributed by atoms with Gasteiger partial charge in [0.1, 0.15) is 17.9 Å². The van der Waals surface area contributed by atoms with E-state index < -0.39 is 47.4 Å². The number of rotatable bonds is 8. The van der Waals surface area contributed by atoms with Crippen molar-refractivity contribution in [2.24, 2.45) is 17.3 Å². The van der Waals surface area contributed by atoms with E-state index in [0.29, 0.717) is 16.3 Å². The topological polar surface area (TPSA) is 120 Å². The minimum absolute atomic E-state index is 0.0309. The van der Waals surface area contributed by atoms with Crippen molar-refractivity contribution in [1.29, 1.82) is 0 Å². The molecule has 2 aromatic carbocycles. The number of amides is 2. The van der Waals surface area contributed by atoms with Gasteiger partial charge in [-0.25, -0.2) is 4.79 Å². The number of esters is 2. The Balaban J connectivity index is 1.93. The van der Waals surface area contributed by atoms with E-state index in [1.165, 1.54) is 13.2 Å². The molecule has 0 bridgehead atoms. The van der Waals surface area contributed by atoms with Gasteiger partial charge in [-0.2, -0.15) is 0 Å². The molecule has 0 saturated carbocycles. The van der Waals surface area contributed by atoms with Crippen molar-refractivity contribution < 1.29 is 33.4 Å². The molecule has 1 unspecified atom stereocenters. The van der Waals surface area contributed by atoms with Crippen molar-refractivity contribution in [2.45, 2.75) is 72.1 Å². The van der Waals surface area contributed by atoms with Gasteiger partial charge in [-0.05, 0) is 55.5 Å². The minimum Gasteiger partial charge on any atom is -0.495 e. The molecule has 2 N–H and O–H groups in total. The lowest BCUT2D eigenvalue weighted by Gasteiger charge is -2.29. The summed E-state index contributed by atoms with van der Waals surface area (Å²) in [6.45, 7) is 8.90. The molecule has 10 heteroatoms. The maximum Gasteiger partial charge on any atom is 0.347 e.